The van der Waals surface area contributed by atoms with Crippen LogP contribution in [0.15, 0.2) is 0 Å². The third-order valence-electron chi connectivity index (χ3n) is 5.64. The summed E-state index contributed by atoms with van der Waals surface area (Å²) >= 11 is 0. The predicted octanol–water partition coefficient (Wildman–Crippen LogP) is 2.13. The van der Waals surface area contributed by atoms with E-state index in [0.717, 1.165) is 38.8 Å². The zero-order valence-corrected chi connectivity index (χ0v) is 13.7. The van der Waals surface area contributed by atoms with Crippen LogP contribution < -0.4 is 11.1 Å². The topological polar surface area (TPSA) is 58.4 Å². The molecule has 1 heterocycles. The molecule has 0 aromatic rings. The van der Waals surface area contributed by atoms with Crippen molar-refractivity contribution in [2.45, 2.75) is 58.3 Å². The van der Waals surface area contributed by atoms with Gasteiger partial charge in [-0.15, -0.1) is 0 Å². The van der Waals surface area contributed by atoms with E-state index in [1.807, 2.05) is 0 Å². The molecule has 1 amide bonds. The van der Waals surface area contributed by atoms with Crippen molar-refractivity contribution in [2.75, 3.05) is 32.7 Å². The number of carbonyl (C=O) groups is 1. The molecule has 1 saturated heterocycles. The van der Waals surface area contributed by atoms with Gasteiger partial charge in [-0.2, -0.15) is 0 Å². The van der Waals surface area contributed by atoms with E-state index in [0.29, 0.717) is 12.5 Å². The smallest absolute Gasteiger partial charge is 0.227 e. The summed E-state index contributed by atoms with van der Waals surface area (Å²) in [5, 5.41) is 3.24. The third-order valence-corrected chi connectivity index (χ3v) is 5.64. The van der Waals surface area contributed by atoms with Crippen LogP contribution in [-0.2, 0) is 4.79 Å². The van der Waals surface area contributed by atoms with Crippen molar-refractivity contribution in [3.8, 4) is 0 Å². The van der Waals surface area contributed by atoms with Gasteiger partial charge in [0.1, 0.15) is 0 Å². The third kappa shape index (κ3) is 4.43. The Hall–Kier alpha value is -0.610. The molecule has 2 rings (SSSR count). The highest BCUT2D eigenvalue weighted by Crippen LogP contribution is 2.34. The molecule has 122 valence electrons. The van der Waals surface area contributed by atoms with E-state index in [9.17, 15) is 4.79 Å². The largest absolute Gasteiger partial charge is 0.355 e. The van der Waals surface area contributed by atoms with Gasteiger partial charge < -0.3 is 16.0 Å². The molecule has 0 spiro atoms. The average molecular weight is 295 g/mol. The van der Waals surface area contributed by atoms with Crippen LogP contribution in [0.4, 0.5) is 0 Å². The highest BCUT2D eigenvalue weighted by Gasteiger charge is 2.37. The summed E-state index contributed by atoms with van der Waals surface area (Å²) in [6.07, 6.45) is 9.19. The van der Waals surface area contributed by atoms with E-state index in [4.69, 9.17) is 5.73 Å². The first-order valence-corrected chi connectivity index (χ1v) is 8.91. The lowest BCUT2D eigenvalue weighted by Gasteiger charge is -2.33. The Labute approximate surface area is 129 Å². The number of amides is 1. The molecule has 1 saturated carbocycles. The Bertz CT molecular complexity index is 316. The fourth-order valence-electron chi connectivity index (χ4n) is 3.86. The normalized spacial score (nSPS) is 24.5. The number of rotatable bonds is 5. The number of likely N-dealkylation sites (tertiary alicyclic amines) is 1. The van der Waals surface area contributed by atoms with E-state index in [-0.39, 0.29) is 11.3 Å². The minimum Gasteiger partial charge on any atom is -0.355 e. The van der Waals surface area contributed by atoms with Crippen LogP contribution in [0.5, 0.6) is 0 Å². The molecule has 21 heavy (non-hydrogen) atoms. The summed E-state index contributed by atoms with van der Waals surface area (Å²) in [6.45, 7) is 7.08. The molecule has 0 aromatic carbocycles. The molecule has 0 atom stereocenters. The molecule has 2 aliphatic rings. The molecule has 2 fully saturated rings. The first kappa shape index (κ1) is 16.8. The van der Waals surface area contributed by atoms with Crippen molar-refractivity contribution >= 4 is 5.91 Å². The molecule has 0 bridgehead atoms. The first-order chi connectivity index (χ1) is 10.2. The van der Waals surface area contributed by atoms with E-state index in [2.05, 4.69) is 17.1 Å². The molecular weight excluding hydrogens is 262 g/mol. The van der Waals surface area contributed by atoms with Crippen LogP contribution in [-0.4, -0.2) is 43.5 Å². The summed E-state index contributed by atoms with van der Waals surface area (Å²) in [6, 6.07) is 0. The van der Waals surface area contributed by atoms with Crippen LogP contribution in [0, 0.1) is 11.3 Å². The molecule has 1 aliphatic carbocycles. The minimum absolute atomic E-state index is 0.227. The molecular formula is C17H33N3O. The quantitative estimate of drug-likeness (QED) is 0.764. The molecule has 4 nitrogen and oxygen atoms in total. The molecule has 0 unspecified atom stereocenters. The number of nitrogens with zero attached hydrogens (tertiary/aromatic N) is 1. The minimum atomic E-state index is -0.277. The van der Waals surface area contributed by atoms with Crippen LogP contribution in [0.2, 0.25) is 0 Å². The van der Waals surface area contributed by atoms with Gasteiger partial charge >= 0.3 is 0 Å². The Balaban J connectivity index is 1.80. The molecule has 3 N–H and O–H groups in total. The number of nitrogens with two attached hydrogens (primary N) is 1. The summed E-state index contributed by atoms with van der Waals surface area (Å²) < 4.78 is 0. The number of hydrogen-bond acceptors (Lipinski definition) is 3. The van der Waals surface area contributed by atoms with Crippen LogP contribution in [0.1, 0.15) is 58.3 Å². The molecule has 0 aromatic heterocycles. The zero-order valence-electron chi connectivity index (χ0n) is 13.7. The van der Waals surface area contributed by atoms with Crippen LogP contribution >= 0.6 is 0 Å². The van der Waals surface area contributed by atoms with Gasteiger partial charge in [0.25, 0.3) is 0 Å². The second kappa shape index (κ2) is 8.14. The van der Waals surface area contributed by atoms with Gasteiger partial charge in [0, 0.05) is 13.1 Å². The monoisotopic (exact) mass is 295 g/mol. The number of carbonyl (C=O) groups excluding carboxylic acids is 1. The average Bonchev–Trinajstić information content (AvgIpc) is 2.79. The SMILES string of the molecule is CCN1CCC(CNC(=O)C2(CN)CCCCCC2)CC1. The van der Waals surface area contributed by atoms with Gasteiger partial charge in [-0.1, -0.05) is 32.6 Å². The lowest BCUT2D eigenvalue weighted by atomic mass is 9.79. The van der Waals surface area contributed by atoms with Gasteiger partial charge in [-0.05, 0) is 51.2 Å². The van der Waals surface area contributed by atoms with Crippen LogP contribution in [0.3, 0.4) is 0 Å². The van der Waals surface area contributed by atoms with E-state index in [1.165, 1.54) is 38.8 Å². The Morgan fingerprint density at radius 3 is 2.33 bits per heavy atom. The maximum atomic E-state index is 12.7. The summed E-state index contributed by atoms with van der Waals surface area (Å²) in [5.41, 5.74) is 5.71. The van der Waals surface area contributed by atoms with Crippen molar-refractivity contribution in [1.29, 1.82) is 0 Å². The van der Waals surface area contributed by atoms with Crippen molar-refractivity contribution in [3.05, 3.63) is 0 Å². The predicted molar refractivity (Wildman–Crippen MR) is 87.0 cm³/mol. The lowest BCUT2D eigenvalue weighted by Crippen LogP contribution is -2.48. The van der Waals surface area contributed by atoms with Gasteiger partial charge in [-0.25, -0.2) is 0 Å². The lowest BCUT2D eigenvalue weighted by molar-refractivity contribution is -0.131. The summed E-state index contributed by atoms with van der Waals surface area (Å²) in [4.78, 5) is 15.2. The maximum Gasteiger partial charge on any atom is 0.227 e. The fraction of sp³-hybridized carbons (Fsp3) is 0.941. The van der Waals surface area contributed by atoms with Crippen molar-refractivity contribution < 1.29 is 4.79 Å². The van der Waals surface area contributed by atoms with Gasteiger partial charge in [0.05, 0.1) is 5.41 Å². The summed E-state index contributed by atoms with van der Waals surface area (Å²) in [7, 11) is 0. The Morgan fingerprint density at radius 2 is 1.81 bits per heavy atom. The maximum absolute atomic E-state index is 12.7. The van der Waals surface area contributed by atoms with Gasteiger partial charge in [0.15, 0.2) is 0 Å². The van der Waals surface area contributed by atoms with Gasteiger partial charge in [0.2, 0.25) is 5.91 Å². The highest BCUT2D eigenvalue weighted by atomic mass is 16.2. The highest BCUT2D eigenvalue weighted by molar-refractivity contribution is 5.82. The molecule has 1 aliphatic heterocycles. The molecule has 4 heteroatoms. The zero-order chi connectivity index (χ0) is 15.1. The number of hydrogen-bond donors (Lipinski definition) is 2. The standard InChI is InChI=1S/C17H33N3O/c1-2-20-11-7-15(8-12-20)13-19-16(21)17(14-18)9-5-3-4-6-10-17/h15H,2-14,18H2,1H3,(H,19,21). The Morgan fingerprint density at radius 1 is 1.19 bits per heavy atom. The summed E-state index contributed by atoms with van der Waals surface area (Å²) in [5.74, 6) is 0.877. The number of nitrogens with one attached hydrogen (secondary N) is 1. The van der Waals surface area contributed by atoms with Crippen LogP contribution in [0.25, 0.3) is 0 Å². The fourth-order valence-corrected chi connectivity index (χ4v) is 3.86. The first-order valence-electron chi connectivity index (χ1n) is 8.91. The van der Waals surface area contributed by atoms with Crippen molar-refractivity contribution in [2.24, 2.45) is 17.1 Å². The van der Waals surface area contributed by atoms with E-state index >= 15 is 0 Å². The second-order valence-electron chi connectivity index (χ2n) is 6.99. The van der Waals surface area contributed by atoms with Crippen molar-refractivity contribution in [1.82, 2.24) is 10.2 Å². The Kier molecular flexibility index (Phi) is 6.49. The number of piperidine rings is 1. The molecule has 0 radical (unpaired) electrons. The second-order valence-corrected chi connectivity index (χ2v) is 6.99. The van der Waals surface area contributed by atoms with Crippen molar-refractivity contribution in [3.63, 3.8) is 0 Å². The van der Waals surface area contributed by atoms with E-state index in [1.54, 1.807) is 0 Å². The van der Waals surface area contributed by atoms with Gasteiger partial charge in [-0.3, -0.25) is 4.79 Å². The van der Waals surface area contributed by atoms with E-state index < -0.39 is 0 Å².